The van der Waals surface area contributed by atoms with Crippen molar-refractivity contribution in [2.45, 2.75) is 25.4 Å². The smallest absolute Gasteiger partial charge is 0.396 e. The van der Waals surface area contributed by atoms with E-state index in [1.165, 1.54) is 6.07 Å². The lowest BCUT2D eigenvalue weighted by atomic mass is 10.1. The van der Waals surface area contributed by atoms with Gasteiger partial charge in [0.25, 0.3) is 0 Å². The van der Waals surface area contributed by atoms with E-state index in [0.29, 0.717) is 31.1 Å². The van der Waals surface area contributed by atoms with Crippen molar-refractivity contribution >= 4 is 11.4 Å². The van der Waals surface area contributed by atoms with Crippen LogP contribution in [0.15, 0.2) is 18.2 Å². The van der Waals surface area contributed by atoms with E-state index in [-0.39, 0.29) is 12.3 Å². The molecule has 0 saturated heterocycles. The third-order valence-corrected chi connectivity index (χ3v) is 3.53. The molecule has 0 aromatic heterocycles. The van der Waals surface area contributed by atoms with E-state index in [0.717, 1.165) is 18.9 Å². The molecular formula is C15H17F3N2O. The first-order chi connectivity index (χ1) is 9.95. The molecule has 1 aromatic carbocycles. The molecule has 0 heterocycles. The lowest BCUT2D eigenvalue weighted by Crippen LogP contribution is -2.27. The van der Waals surface area contributed by atoms with E-state index in [1.54, 1.807) is 6.07 Å². The second-order valence-corrected chi connectivity index (χ2v) is 5.28. The maximum absolute atomic E-state index is 13.0. The predicted molar refractivity (Wildman–Crippen MR) is 74.3 cm³/mol. The highest BCUT2D eigenvalue weighted by molar-refractivity contribution is 5.62. The van der Waals surface area contributed by atoms with Crippen molar-refractivity contribution in [3.63, 3.8) is 0 Å². The van der Waals surface area contributed by atoms with Gasteiger partial charge in [-0.15, -0.1) is 0 Å². The van der Waals surface area contributed by atoms with Gasteiger partial charge in [-0.25, -0.2) is 4.85 Å². The van der Waals surface area contributed by atoms with Crippen molar-refractivity contribution in [1.29, 1.82) is 0 Å². The normalized spacial score (nSPS) is 14.8. The summed E-state index contributed by atoms with van der Waals surface area (Å²) in [6, 6.07) is 3.83. The maximum Gasteiger partial charge on any atom is 0.407 e. The zero-order chi connectivity index (χ0) is 15.5. The van der Waals surface area contributed by atoms with E-state index >= 15 is 0 Å². The van der Waals surface area contributed by atoms with Gasteiger partial charge >= 0.3 is 6.18 Å². The third-order valence-electron chi connectivity index (χ3n) is 3.53. The molecule has 114 valence electrons. The fourth-order valence-corrected chi connectivity index (χ4v) is 2.24. The van der Waals surface area contributed by atoms with Crippen LogP contribution in [0.25, 0.3) is 4.85 Å². The third kappa shape index (κ3) is 4.11. The van der Waals surface area contributed by atoms with E-state index in [2.05, 4.69) is 4.85 Å². The number of rotatable bonds is 6. The van der Waals surface area contributed by atoms with Crippen molar-refractivity contribution < 1.29 is 18.3 Å². The molecule has 6 heteroatoms. The monoisotopic (exact) mass is 298 g/mol. The Hall–Kier alpha value is -1.74. The molecule has 1 fully saturated rings. The number of anilines is 1. The average molecular weight is 298 g/mol. The van der Waals surface area contributed by atoms with Crippen LogP contribution in [0.1, 0.15) is 24.8 Å². The van der Waals surface area contributed by atoms with Crippen LogP contribution >= 0.6 is 0 Å². The lowest BCUT2D eigenvalue weighted by Gasteiger charge is -2.26. The Bertz CT molecular complexity index is 533. The van der Waals surface area contributed by atoms with Gasteiger partial charge < -0.3 is 10.0 Å². The average Bonchev–Trinajstić information content (AvgIpc) is 3.25. The van der Waals surface area contributed by atoms with Crippen LogP contribution in [0.5, 0.6) is 0 Å². The molecule has 21 heavy (non-hydrogen) atoms. The van der Waals surface area contributed by atoms with Gasteiger partial charge in [0.05, 0.1) is 12.1 Å². The molecule has 0 bridgehead atoms. The Morgan fingerprint density at radius 1 is 1.33 bits per heavy atom. The summed E-state index contributed by atoms with van der Waals surface area (Å²) < 4.78 is 39.0. The Morgan fingerprint density at radius 3 is 2.57 bits per heavy atom. The van der Waals surface area contributed by atoms with Crippen LogP contribution in [0.4, 0.5) is 24.5 Å². The van der Waals surface area contributed by atoms with Crippen LogP contribution in [0.3, 0.4) is 0 Å². The summed E-state index contributed by atoms with van der Waals surface area (Å²) in [5.74, 6) is 0.526. The predicted octanol–water partition coefficient (Wildman–Crippen LogP) is 3.85. The van der Waals surface area contributed by atoms with Crippen LogP contribution in [0.2, 0.25) is 0 Å². The van der Waals surface area contributed by atoms with Gasteiger partial charge in [0, 0.05) is 25.4 Å². The molecule has 1 aliphatic carbocycles. The number of aliphatic hydroxyl groups is 1. The highest BCUT2D eigenvalue weighted by atomic mass is 19.4. The summed E-state index contributed by atoms with van der Waals surface area (Å²) >= 11 is 0. The topological polar surface area (TPSA) is 27.8 Å². The molecule has 1 N–H and O–H groups in total. The lowest BCUT2D eigenvalue weighted by molar-refractivity contribution is -0.136. The van der Waals surface area contributed by atoms with Crippen LogP contribution in [-0.2, 0) is 6.18 Å². The van der Waals surface area contributed by atoms with Crippen molar-refractivity contribution in [3.8, 4) is 0 Å². The summed E-state index contributed by atoms with van der Waals surface area (Å²) in [4.78, 5) is 4.82. The number of hydrogen-bond acceptors (Lipinski definition) is 2. The summed E-state index contributed by atoms with van der Waals surface area (Å²) in [6.45, 7) is 8.08. The Labute approximate surface area is 121 Å². The number of nitrogens with zero attached hydrogens (tertiary/aromatic N) is 2. The molecule has 0 amide bonds. The molecule has 1 saturated carbocycles. The fourth-order valence-electron chi connectivity index (χ4n) is 2.24. The van der Waals surface area contributed by atoms with Crippen LogP contribution in [-0.4, -0.2) is 24.8 Å². The number of aliphatic hydroxyl groups excluding tert-OH is 1. The van der Waals surface area contributed by atoms with Crippen LogP contribution in [0, 0.1) is 12.5 Å². The first kappa shape index (κ1) is 15.6. The van der Waals surface area contributed by atoms with E-state index in [9.17, 15) is 13.2 Å². The molecule has 1 aliphatic rings. The minimum absolute atomic E-state index is 0.00737. The molecule has 2 rings (SSSR count). The molecule has 1 aromatic rings. The van der Waals surface area contributed by atoms with Gasteiger partial charge in [0.2, 0.25) is 0 Å². The van der Waals surface area contributed by atoms with Gasteiger partial charge in [-0.2, -0.15) is 13.2 Å². The standard InChI is InChI=1S/C15H17F3N2O/c1-19-14-6-5-12(9-13(14)15(16,17)18)20(7-2-8-21)10-11-3-4-11/h5-6,9,11,21H,2-4,7-8,10H2. The number of alkyl halides is 3. The number of benzene rings is 1. The van der Waals surface area contributed by atoms with Crippen molar-refractivity contribution in [2.75, 3.05) is 24.6 Å². The zero-order valence-electron chi connectivity index (χ0n) is 11.5. The van der Waals surface area contributed by atoms with Gasteiger partial charge in [-0.1, -0.05) is 6.07 Å². The van der Waals surface area contributed by atoms with E-state index < -0.39 is 11.7 Å². The summed E-state index contributed by atoms with van der Waals surface area (Å²) in [6.07, 6.45) is -1.82. The van der Waals surface area contributed by atoms with Crippen molar-refractivity contribution in [2.24, 2.45) is 5.92 Å². The molecule has 0 unspecified atom stereocenters. The second-order valence-electron chi connectivity index (χ2n) is 5.28. The first-order valence-electron chi connectivity index (χ1n) is 6.90. The van der Waals surface area contributed by atoms with Crippen molar-refractivity contribution in [1.82, 2.24) is 0 Å². The van der Waals surface area contributed by atoms with E-state index in [1.807, 2.05) is 4.90 Å². The fraction of sp³-hybridized carbons (Fsp3) is 0.533. The van der Waals surface area contributed by atoms with Gasteiger partial charge in [0.1, 0.15) is 0 Å². The Kier molecular flexibility index (Phi) is 4.73. The maximum atomic E-state index is 13.0. The van der Waals surface area contributed by atoms with Crippen molar-refractivity contribution in [3.05, 3.63) is 35.2 Å². The second kappa shape index (κ2) is 6.35. The number of halogens is 3. The quantitative estimate of drug-likeness (QED) is 0.808. The molecule has 3 nitrogen and oxygen atoms in total. The SMILES string of the molecule is [C-]#[N+]c1ccc(N(CCCO)CC2CC2)cc1C(F)(F)F. The largest absolute Gasteiger partial charge is 0.407 e. The van der Waals surface area contributed by atoms with Crippen LogP contribution < -0.4 is 4.90 Å². The zero-order valence-corrected chi connectivity index (χ0v) is 11.5. The molecule has 0 spiro atoms. The minimum Gasteiger partial charge on any atom is -0.396 e. The first-order valence-corrected chi connectivity index (χ1v) is 6.90. The Balaban J connectivity index is 2.29. The van der Waals surface area contributed by atoms with E-state index in [4.69, 9.17) is 11.7 Å². The number of hydrogen-bond donors (Lipinski definition) is 1. The summed E-state index contributed by atoms with van der Waals surface area (Å²) in [5.41, 5.74) is -0.797. The highest BCUT2D eigenvalue weighted by Crippen LogP contribution is 2.39. The molecular weight excluding hydrogens is 281 g/mol. The Morgan fingerprint density at radius 2 is 2.05 bits per heavy atom. The summed E-state index contributed by atoms with van der Waals surface area (Å²) in [5, 5.41) is 8.93. The van der Waals surface area contributed by atoms with Gasteiger partial charge in [-0.05, 0) is 37.3 Å². The van der Waals surface area contributed by atoms with Gasteiger partial charge in [-0.3, -0.25) is 0 Å². The molecule has 0 radical (unpaired) electrons. The summed E-state index contributed by atoms with van der Waals surface area (Å²) in [7, 11) is 0. The minimum atomic E-state index is -4.53. The van der Waals surface area contributed by atoms with Gasteiger partial charge in [0.15, 0.2) is 5.69 Å². The molecule has 0 aliphatic heterocycles. The highest BCUT2D eigenvalue weighted by Gasteiger charge is 2.34. The molecule has 0 atom stereocenters.